The number of nitrogens with zero attached hydrogens (tertiary/aromatic N) is 3. The van der Waals surface area contributed by atoms with Gasteiger partial charge in [-0.25, -0.2) is 8.78 Å². The molecule has 3 aromatic rings. The van der Waals surface area contributed by atoms with E-state index < -0.39 is 11.6 Å². The van der Waals surface area contributed by atoms with Gasteiger partial charge < -0.3 is 14.7 Å². The van der Waals surface area contributed by atoms with Crippen LogP contribution in [0.1, 0.15) is 28.9 Å². The Hall–Kier alpha value is -3.26. The third-order valence-electron chi connectivity index (χ3n) is 6.06. The zero-order valence-corrected chi connectivity index (χ0v) is 18.9. The Morgan fingerprint density at radius 3 is 2.52 bits per heavy atom. The summed E-state index contributed by atoms with van der Waals surface area (Å²) in [5.74, 6) is -1.33. The number of hydrogen-bond acceptors (Lipinski definition) is 5. The van der Waals surface area contributed by atoms with E-state index in [2.05, 4.69) is 44.5 Å². The maximum atomic E-state index is 13.9. The minimum Gasteiger partial charge on any atom is -0.378 e. The van der Waals surface area contributed by atoms with Gasteiger partial charge in [-0.2, -0.15) is 0 Å². The van der Waals surface area contributed by atoms with E-state index in [1.165, 1.54) is 23.4 Å². The molecule has 0 saturated carbocycles. The van der Waals surface area contributed by atoms with Crippen LogP contribution in [-0.4, -0.2) is 49.7 Å². The Balaban J connectivity index is 1.23. The molecular formula is C25H28F2N4O2. The number of likely N-dealkylation sites (tertiary alicyclic amines) is 1. The highest BCUT2D eigenvalue weighted by atomic mass is 19.1. The number of amides is 1. The number of nitrogens with one attached hydrogen (secondary N) is 1. The number of carbonyl (C=O) groups is 1. The van der Waals surface area contributed by atoms with E-state index in [1.54, 1.807) is 0 Å². The predicted octanol–water partition coefficient (Wildman–Crippen LogP) is 4.33. The maximum Gasteiger partial charge on any atom is 0.273 e. The first kappa shape index (κ1) is 22.9. The summed E-state index contributed by atoms with van der Waals surface area (Å²) >= 11 is 0. The average molecular weight is 455 g/mol. The molecular weight excluding hydrogens is 426 g/mol. The van der Waals surface area contributed by atoms with Gasteiger partial charge in [0.2, 0.25) is 0 Å². The molecule has 174 valence electrons. The third kappa shape index (κ3) is 5.76. The molecule has 0 unspecified atom stereocenters. The van der Waals surface area contributed by atoms with Crippen LogP contribution in [0, 0.1) is 17.6 Å². The van der Waals surface area contributed by atoms with E-state index >= 15 is 0 Å². The maximum absolute atomic E-state index is 13.9. The van der Waals surface area contributed by atoms with Gasteiger partial charge in [-0.3, -0.25) is 9.69 Å². The largest absolute Gasteiger partial charge is 0.378 e. The van der Waals surface area contributed by atoms with Crippen LogP contribution in [0.25, 0.3) is 11.3 Å². The molecule has 0 bridgehead atoms. The first-order chi connectivity index (χ1) is 15.9. The molecule has 1 aliphatic rings. The second-order valence-electron chi connectivity index (χ2n) is 8.69. The van der Waals surface area contributed by atoms with E-state index in [-0.39, 0.29) is 22.9 Å². The molecule has 0 aliphatic carbocycles. The monoisotopic (exact) mass is 454 g/mol. The first-order valence-corrected chi connectivity index (χ1v) is 11.1. The molecule has 0 spiro atoms. The number of anilines is 1. The van der Waals surface area contributed by atoms with Crippen LogP contribution in [0.2, 0.25) is 0 Å². The van der Waals surface area contributed by atoms with Crippen molar-refractivity contribution in [2.75, 3.05) is 38.6 Å². The summed E-state index contributed by atoms with van der Waals surface area (Å²) in [6.07, 6.45) is 2.00. The van der Waals surface area contributed by atoms with Crippen molar-refractivity contribution in [3.8, 4) is 11.3 Å². The molecule has 8 heteroatoms. The Bertz CT molecular complexity index is 1090. The number of aromatic nitrogens is 1. The SMILES string of the molecule is CN(C)c1ccc(CN2CCC(CNC(=O)c3cc(-c4ccc(F)cc4F)on3)CC2)cc1. The van der Waals surface area contributed by atoms with Crippen molar-refractivity contribution in [1.29, 1.82) is 0 Å². The van der Waals surface area contributed by atoms with E-state index in [9.17, 15) is 13.6 Å². The second-order valence-corrected chi connectivity index (χ2v) is 8.69. The normalized spacial score (nSPS) is 14.9. The predicted molar refractivity (Wildman–Crippen MR) is 123 cm³/mol. The standard InChI is InChI=1S/C25H28F2N4O2/c1-30(2)20-6-3-18(4-7-20)16-31-11-9-17(10-12-31)15-28-25(32)23-14-24(33-29-23)21-8-5-19(26)13-22(21)27/h3-8,13-14,17H,9-12,15-16H2,1-2H3,(H,28,32). The van der Waals surface area contributed by atoms with E-state index in [0.29, 0.717) is 12.5 Å². The second kappa shape index (κ2) is 10.1. The molecule has 1 fully saturated rings. The fraction of sp³-hybridized carbons (Fsp3) is 0.360. The topological polar surface area (TPSA) is 61.6 Å². The van der Waals surface area contributed by atoms with Gasteiger partial charge in [0.1, 0.15) is 11.6 Å². The fourth-order valence-electron chi connectivity index (χ4n) is 4.03. The lowest BCUT2D eigenvalue weighted by molar-refractivity contribution is 0.0926. The van der Waals surface area contributed by atoms with Crippen molar-refractivity contribution in [2.45, 2.75) is 19.4 Å². The van der Waals surface area contributed by atoms with Crippen molar-refractivity contribution < 1.29 is 18.1 Å². The van der Waals surface area contributed by atoms with Gasteiger partial charge in [-0.05, 0) is 61.7 Å². The van der Waals surface area contributed by atoms with Crippen LogP contribution < -0.4 is 10.2 Å². The van der Waals surface area contributed by atoms with Crippen LogP contribution in [0.3, 0.4) is 0 Å². The smallest absolute Gasteiger partial charge is 0.273 e. The summed E-state index contributed by atoms with van der Waals surface area (Å²) in [4.78, 5) is 17.0. The summed E-state index contributed by atoms with van der Waals surface area (Å²) in [5.41, 5.74) is 2.63. The van der Waals surface area contributed by atoms with Crippen LogP contribution in [-0.2, 0) is 6.54 Å². The molecule has 1 amide bonds. The van der Waals surface area contributed by atoms with Crippen molar-refractivity contribution in [2.24, 2.45) is 5.92 Å². The van der Waals surface area contributed by atoms with Crippen LogP contribution in [0.4, 0.5) is 14.5 Å². The lowest BCUT2D eigenvalue weighted by Crippen LogP contribution is -2.38. The minimum atomic E-state index is -0.765. The van der Waals surface area contributed by atoms with Crippen LogP contribution >= 0.6 is 0 Å². The zero-order valence-electron chi connectivity index (χ0n) is 18.9. The number of benzene rings is 2. The van der Waals surface area contributed by atoms with Gasteiger partial charge in [-0.1, -0.05) is 17.3 Å². The molecule has 0 radical (unpaired) electrons. The molecule has 2 heterocycles. The summed E-state index contributed by atoms with van der Waals surface area (Å²) in [7, 11) is 4.07. The first-order valence-electron chi connectivity index (χ1n) is 11.1. The molecule has 1 aromatic heterocycles. The molecule has 6 nitrogen and oxygen atoms in total. The Kier molecular flexibility index (Phi) is 7.03. The molecule has 33 heavy (non-hydrogen) atoms. The summed E-state index contributed by atoms with van der Waals surface area (Å²) in [6.45, 7) is 3.44. The zero-order chi connectivity index (χ0) is 23.4. The highest BCUT2D eigenvalue weighted by Gasteiger charge is 2.21. The van der Waals surface area contributed by atoms with Gasteiger partial charge in [0.25, 0.3) is 5.91 Å². The van der Waals surface area contributed by atoms with Gasteiger partial charge in [0.05, 0.1) is 5.56 Å². The van der Waals surface area contributed by atoms with Gasteiger partial charge in [0, 0.05) is 45.0 Å². The highest BCUT2D eigenvalue weighted by molar-refractivity contribution is 5.93. The minimum absolute atomic E-state index is 0.0617. The number of halogens is 2. The van der Waals surface area contributed by atoms with Crippen molar-refractivity contribution >= 4 is 11.6 Å². The van der Waals surface area contributed by atoms with Crippen molar-refractivity contribution in [3.05, 3.63) is 71.4 Å². The lowest BCUT2D eigenvalue weighted by atomic mass is 9.96. The van der Waals surface area contributed by atoms with E-state index in [0.717, 1.165) is 44.6 Å². The molecule has 1 aliphatic heterocycles. The highest BCUT2D eigenvalue weighted by Crippen LogP contribution is 2.24. The van der Waals surface area contributed by atoms with E-state index in [1.807, 2.05) is 14.1 Å². The Labute approximate surface area is 192 Å². The quantitative estimate of drug-likeness (QED) is 0.576. The third-order valence-corrected chi connectivity index (χ3v) is 6.06. The molecule has 4 rings (SSSR count). The van der Waals surface area contributed by atoms with Crippen LogP contribution in [0.5, 0.6) is 0 Å². The fourth-order valence-corrected chi connectivity index (χ4v) is 4.03. The Morgan fingerprint density at radius 1 is 1.12 bits per heavy atom. The molecule has 1 saturated heterocycles. The van der Waals surface area contributed by atoms with Gasteiger partial charge in [0.15, 0.2) is 11.5 Å². The summed E-state index contributed by atoms with van der Waals surface area (Å²) in [6, 6.07) is 13.1. The Morgan fingerprint density at radius 2 is 1.85 bits per heavy atom. The molecule has 0 atom stereocenters. The number of rotatable bonds is 7. The van der Waals surface area contributed by atoms with Gasteiger partial charge >= 0.3 is 0 Å². The van der Waals surface area contributed by atoms with Crippen molar-refractivity contribution in [3.63, 3.8) is 0 Å². The van der Waals surface area contributed by atoms with Crippen molar-refractivity contribution in [1.82, 2.24) is 15.4 Å². The van der Waals surface area contributed by atoms with Gasteiger partial charge in [-0.15, -0.1) is 0 Å². The van der Waals surface area contributed by atoms with Crippen LogP contribution in [0.15, 0.2) is 53.1 Å². The number of carbonyl (C=O) groups excluding carboxylic acids is 1. The van der Waals surface area contributed by atoms with E-state index in [4.69, 9.17) is 4.52 Å². The summed E-state index contributed by atoms with van der Waals surface area (Å²) < 4.78 is 32.1. The number of piperidine rings is 1. The average Bonchev–Trinajstić information content (AvgIpc) is 3.29. The molecule has 2 aromatic carbocycles. The summed E-state index contributed by atoms with van der Waals surface area (Å²) in [5, 5.41) is 6.64. The molecule has 1 N–H and O–H groups in total. The number of hydrogen-bond donors (Lipinski definition) is 1. The lowest BCUT2D eigenvalue weighted by Gasteiger charge is -2.32.